The Hall–Kier alpha value is -1.17. The number of nitrogen functional groups attached to an aromatic ring is 1. The largest absolute Gasteiger partial charge is 0.395 e. The van der Waals surface area contributed by atoms with Crippen LogP contribution in [0.3, 0.4) is 0 Å². The smallest absolute Gasteiger partial charge is 0.0584 e. The molecule has 1 aromatic rings. The molecule has 1 rings (SSSR count). The second kappa shape index (κ2) is 5.65. The molecule has 0 spiro atoms. The molecule has 0 saturated heterocycles. The fourth-order valence-corrected chi connectivity index (χ4v) is 1.21. The number of aromatic nitrogens is 1. The first-order valence-electron chi connectivity index (χ1n) is 4.90. The molecule has 84 valence electrons. The van der Waals surface area contributed by atoms with Crippen LogP contribution in [0.25, 0.3) is 0 Å². The number of hydrazine groups is 1. The summed E-state index contributed by atoms with van der Waals surface area (Å²) in [4.78, 5) is 6.26. The molecule has 0 aliphatic rings. The van der Waals surface area contributed by atoms with Gasteiger partial charge < -0.3 is 10.5 Å². The molecule has 0 aliphatic carbocycles. The van der Waals surface area contributed by atoms with Crippen molar-refractivity contribution in [3.63, 3.8) is 0 Å². The van der Waals surface area contributed by atoms with E-state index in [-0.39, 0.29) is 12.6 Å². The van der Waals surface area contributed by atoms with Crippen molar-refractivity contribution in [2.45, 2.75) is 19.5 Å². The van der Waals surface area contributed by atoms with Crippen molar-refractivity contribution in [3.8, 4) is 0 Å². The van der Waals surface area contributed by atoms with Gasteiger partial charge in [-0.3, -0.25) is 15.7 Å². The van der Waals surface area contributed by atoms with Gasteiger partial charge in [-0.05, 0) is 26.1 Å². The van der Waals surface area contributed by atoms with E-state index in [2.05, 4.69) is 10.4 Å². The molecule has 4 N–H and O–H groups in total. The van der Waals surface area contributed by atoms with Gasteiger partial charge in [0.15, 0.2) is 0 Å². The van der Waals surface area contributed by atoms with E-state index in [1.165, 1.54) is 0 Å². The minimum atomic E-state index is 0.126. The second-order valence-corrected chi connectivity index (χ2v) is 3.63. The molecule has 1 unspecified atom stereocenters. The minimum absolute atomic E-state index is 0.126. The lowest BCUT2D eigenvalue weighted by Gasteiger charge is -2.22. The molecule has 1 aromatic heterocycles. The topological polar surface area (TPSA) is 74.4 Å². The van der Waals surface area contributed by atoms with Crippen molar-refractivity contribution in [2.24, 2.45) is 5.84 Å². The number of hydrogen-bond donors (Lipinski definition) is 3. The SMILES string of the molecule is CC(CO)N(C)Cc1cc(NN)ccn1. The number of nitrogens with one attached hydrogen (secondary N) is 1. The Balaban J connectivity index is 2.63. The fourth-order valence-electron chi connectivity index (χ4n) is 1.21. The number of rotatable bonds is 5. The molecular weight excluding hydrogens is 192 g/mol. The van der Waals surface area contributed by atoms with Crippen LogP contribution in [0.5, 0.6) is 0 Å². The van der Waals surface area contributed by atoms with Gasteiger partial charge in [0.1, 0.15) is 0 Å². The number of anilines is 1. The molecule has 15 heavy (non-hydrogen) atoms. The molecule has 1 atom stereocenters. The number of aliphatic hydroxyl groups excluding tert-OH is 1. The predicted octanol–water partition coefficient (Wildman–Crippen LogP) is 0.180. The zero-order chi connectivity index (χ0) is 11.3. The summed E-state index contributed by atoms with van der Waals surface area (Å²) in [5.41, 5.74) is 4.34. The summed E-state index contributed by atoms with van der Waals surface area (Å²) in [7, 11) is 1.95. The summed E-state index contributed by atoms with van der Waals surface area (Å²) in [6.07, 6.45) is 1.71. The third kappa shape index (κ3) is 3.47. The highest BCUT2D eigenvalue weighted by atomic mass is 16.3. The van der Waals surface area contributed by atoms with E-state index in [0.29, 0.717) is 6.54 Å². The van der Waals surface area contributed by atoms with Gasteiger partial charge in [-0.15, -0.1) is 0 Å². The molecule has 0 aliphatic heterocycles. The highest BCUT2D eigenvalue weighted by Gasteiger charge is 2.08. The van der Waals surface area contributed by atoms with Crippen LogP contribution in [0.1, 0.15) is 12.6 Å². The monoisotopic (exact) mass is 210 g/mol. The predicted molar refractivity (Wildman–Crippen MR) is 60.1 cm³/mol. The highest BCUT2D eigenvalue weighted by molar-refractivity contribution is 5.41. The summed E-state index contributed by atoms with van der Waals surface area (Å²) < 4.78 is 0. The Labute approximate surface area is 89.9 Å². The lowest BCUT2D eigenvalue weighted by Crippen LogP contribution is -2.31. The molecule has 1 heterocycles. The molecule has 0 amide bonds. The summed E-state index contributed by atoms with van der Waals surface area (Å²) in [5.74, 6) is 5.30. The van der Waals surface area contributed by atoms with Crippen molar-refractivity contribution in [1.29, 1.82) is 0 Å². The fraction of sp³-hybridized carbons (Fsp3) is 0.500. The van der Waals surface area contributed by atoms with E-state index >= 15 is 0 Å². The van der Waals surface area contributed by atoms with Crippen LogP contribution in [0.4, 0.5) is 5.69 Å². The average molecular weight is 210 g/mol. The van der Waals surface area contributed by atoms with Crippen LogP contribution in [0.2, 0.25) is 0 Å². The van der Waals surface area contributed by atoms with Gasteiger partial charge in [0, 0.05) is 18.8 Å². The number of likely N-dealkylation sites (N-methyl/N-ethyl adjacent to an activating group) is 1. The van der Waals surface area contributed by atoms with Gasteiger partial charge in [0.2, 0.25) is 0 Å². The first-order valence-corrected chi connectivity index (χ1v) is 4.90. The molecule has 0 fully saturated rings. The van der Waals surface area contributed by atoms with E-state index in [0.717, 1.165) is 11.4 Å². The van der Waals surface area contributed by atoms with Crippen molar-refractivity contribution in [1.82, 2.24) is 9.88 Å². The van der Waals surface area contributed by atoms with E-state index in [9.17, 15) is 0 Å². The number of pyridine rings is 1. The maximum absolute atomic E-state index is 8.99. The Kier molecular flexibility index (Phi) is 4.48. The molecular formula is C10H18N4O. The Morgan fingerprint density at radius 2 is 2.40 bits per heavy atom. The van der Waals surface area contributed by atoms with Crippen LogP contribution in [0, 0.1) is 0 Å². The number of nitrogens with zero attached hydrogens (tertiary/aromatic N) is 2. The van der Waals surface area contributed by atoms with Crippen molar-refractivity contribution >= 4 is 5.69 Å². The zero-order valence-corrected chi connectivity index (χ0v) is 9.14. The first kappa shape index (κ1) is 11.9. The highest BCUT2D eigenvalue weighted by Crippen LogP contribution is 2.09. The maximum Gasteiger partial charge on any atom is 0.0584 e. The molecule has 0 bridgehead atoms. The lowest BCUT2D eigenvalue weighted by molar-refractivity contribution is 0.153. The van der Waals surface area contributed by atoms with Crippen LogP contribution in [0.15, 0.2) is 18.3 Å². The van der Waals surface area contributed by atoms with E-state index in [1.54, 1.807) is 12.3 Å². The average Bonchev–Trinajstić information content (AvgIpc) is 2.28. The third-order valence-corrected chi connectivity index (χ3v) is 2.41. The third-order valence-electron chi connectivity index (χ3n) is 2.41. The summed E-state index contributed by atoms with van der Waals surface area (Å²) >= 11 is 0. The Bertz CT molecular complexity index is 305. The zero-order valence-electron chi connectivity index (χ0n) is 9.14. The Morgan fingerprint density at radius 1 is 1.67 bits per heavy atom. The summed E-state index contributed by atoms with van der Waals surface area (Å²) in [5, 5.41) is 8.99. The number of hydrogen-bond acceptors (Lipinski definition) is 5. The summed E-state index contributed by atoms with van der Waals surface area (Å²) in [6.45, 7) is 2.80. The summed E-state index contributed by atoms with van der Waals surface area (Å²) in [6, 6.07) is 3.82. The molecule has 5 nitrogen and oxygen atoms in total. The van der Waals surface area contributed by atoms with Crippen LogP contribution in [-0.4, -0.2) is 34.7 Å². The standard InChI is InChI=1S/C10H18N4O/c1-8(7-15)14(2)6-10-5-9(13-11)3-4-12-10/h3-5,8,15H,6-7,11H2,1-2H3,(H,12,13). The maximum atomic E-state index is 8.99. The van der Waals surface area contributed by atoms with Gasteiger partial charge in [-0.1, -0.05) is 0 Å². The van der Waals surface area contributed by atoms with Crippen LogP contribution < -0.4 is 11.3 Å². The van der Waals surface area contributed by atoms with E-state index in [1.807, 2.05) is 24.9 Å². The number of aliphatic hydroxyl groups is 1. The van der Waals surface area contributed by atoms with Gasteiger partial charge in [-0.25, -0.2) is 0 Å². The van der Waals surface area contributed by atoms with Gasteiger partial charge in [0.25, 0.3) is 0 Å². The quantitative estimate of drug-likeness (QED) is 0.477. The normalized spacial score (nSPS) is 12.9. The lowest BCUT2D eigenvalue weighted by atomic mass is 10.2. The van der Waals surface area contributed by atoms with Gasteiger partial charge >= 0.3 is 0 Å². The van der Waals surface area contributed by atoms with Crippen molar-refractivity contribution in [2.75, 3.05) is 19.1 Å². The number of nitrogens with two attached hydrogens (primary N) is 1. The van der Waals surface area contributed by atoms with E-state index < -0.39 is 0 Å². The first-order chi connectivity index (χ1) is 7.17. The molecule has 0 aromatic carbocycles. The minimum Gasteiger partial charge on any atom is -0.395 e. The van der Waals surface area contributed by atoms with Crippen LogP contribution in [-0.2, 0) is 6.54 Å². The van der Waals surface area contributed by atoms with Crippen molar-refractivity contribution in [3.05, 3.63) is 24.0 Å². The van der Waals surface area contributed by atoms with Gasteiger partial charge in [-0.2, -0.15) is 0 Å². The van der Waals surface area contributed by atoms with E-state index in [4.69, 9.17) is 10.9 Å². The Morgan fingerprint density at radius 3 is 3.00 bits per heavy atom. The second-order valence-electron chi connectivity index (χ2n) is 3.63. The van der Waals surface area contributed by atoms with Crippen LogP contribution >= 0.6 is 0 Å². The molecule has 0 saturated carbocycles. The van der Waals surface area contributed by atoms with Gasteiger partial charge in [0.05, 0.1) is 18.0 Å². The molecule has 5 heteroatoms. The molecule has 0 radical (unpaired) electrons. The van der Waals surface area contributed by atoms with Crippen molar-refractivity contribution < 1.29 is 5.11 Å².